The molecule has 0 fully saturated rings. The third-order valence-corrected chi connectivity index (χ3v) is 2.26. The van der Waals surface area contributed by atoms with Crippen molar-refractivity contribution in [1.29, 1.82) is 0 Å². The molecule has 0 saturated carbocycles. The number of aromatic nitrogens is 1. The van der Waals surface area contributed by atoms with Crippen molar-refractivity contribution in [3.63, 3.8) is 0 Å². The number of amidine groups is 1. The van der Waals surface area contributed by atoms with Crippen molar-refractivity contribution in [3.8, 4) is 0 Å². The molecule has 0 atom stereocenters. The molecule has 1 aromatic heterocycles. The molecule has 12 heavy (non-hydrogen) atoms. The minimum atomic E-state index is 0.331. The van der Waals surface area contributed by atoms with Crippen LogP contribution in [0, 0.1) is 5.92 Å². The average molecular weight is 183 g/mol. The van der Waals surface area contributed by atoms with Gasteiger partial charge in [0.15, 0.2) is 0 Å². The fourth-order valence-corrected chi connectivity index (χ4v) is 1.19. The maximum Gasteiger partial charge on any atom is 0.0967 e. The van der Waals surface area contributed by atoms with Crippen molar-refractivity contribution in [1.82, 2.24) is 4.98 Å². The number of hydrogen-bond donors (Lipinski definition) is 1. The zero-order chi connectivity index (χ0) is 8.97. The lowest BCUT2D eigenvalue weighted by atomic mass is 10.2. The molecule has 0 aromatic carbocycles. The van der Waals surface area contributed by atoms with Crippen LogP contribution in [-0.2, 0) is 6.54 Å². The Balaban J connectivity index is 2.49. The molecule has 0 aliphatic heterocycles. The summed E-state index contributed by atoms with van der Waals surface area (Å²) in [6.07, 6.45) is 1.82. The lowest BCUT2D eigenvalue weighted by Gasteiger charge is -2.01. The first-order chi connectivity index (χ1) is 5.70. The molecule has 0 amide bonds. The van der Waals surface area contributed by atoms with E-state index in [0.29, 0.717) is 18.3 Å². The zero-order valence-corrected chi connectivity index (χ0v) is 8.14. The standard InChI is InChI=1S/C8H13N3S/c1-6(2)8(9)11-4-7-3-10-5-12-7/h3,5-6H,4H2,1-2H3,(H2,9,11). The van der Waals surface area contributed by atoms with Crippen LogP contribution in [-0.4, -0.2) is 10.8 Å². The number of rotatable bonds is 3. The molecule has 66 valence electrons. The van der Waals surface area contributed by atoms with Gasteiger partial charge in [0.05, 0.1) is 17.9 Å². The highest BCUT2D eigenvalue weighted by Crippen LogP contribution is 2.07. The van der Waals surface area contributed by atoms with E-state index in [-0.39, 0.29) is 0 Å². The summed E-state index contributed by atoms with van der Waals surface area (Å²) in [5.74, 6) is 1.04. The lowest BCUT2D eigenvalue weighted by Crippen LogP contribution is -2.18. The Morgan fingerprint density at radius 2 is 2.50 bits per heavy atom. The normalized spacial score (nSPS) is 12.4. The topological polar surface area (TPSA) is 51.3 Å². The summed E-state index contributed by atoms with van der Waals surface area (Å²) in [6.45, 7) is 4.73. The monoisotopic (exact) mass is 183 g/mol. The van der Waals surface area contributed by atoms with Gasteiger partial charge in [0, 0.05) is 17.0 Å². The first kappa shape index (κ1) is 9.19. The molecule has 3 nitrogen and oxygen atoms in total. The van der Waals surface area contributed by atoms with Gasteiger partial charge in [-0.3, -0.25) is 9.98 Å². The molecule has 1 rings (SSSR count). The molecule has 0 aliphatic rings. The highest BCUT2D eigenvalue weighted by Gasteiger charge is 1.98. The fraction of sp³-hybridized carbons (Fsp3) is 0.500. The molecule has 0 radical (unpaired) electrons. The van der Waals surface area contributed by atoms with Gasteiger partial charge in [0.1, 0.15) is 0 Å². The summed E-state index contributed by atoms with van der Waals surface area (Å²) in [7, 11) is 0. The van der Waals surface area contributed by atoms with Crippen LogP contribution in [0.4, 0.5) is 0 Å². The molecule has 0 unspecified atom stereocenters. The van der Waals surface area contributed by atoms with Crippen LogP contribution < -0.4 is 5.73 Å². The van der Waals surface area contributed by atoms with E-state index in [9.17, 15) is 0 Å². The number of thiazole rings is 1. The van der Waals surface area contributed by atoms with Crippen LogP contribution in [0.2, 0.25) is 0 Å². The highest BCUT2D eigenvalue weighted by atomic mass is 32.1. The summed E-state index contributed by atoms with van der Waals surface area (Å²) in [6, 6.07) is 0. The predicted octanol–water partition coefficient (Wildman–Crippen LogP) is 1.66. The summed E-state index contributed by atoms with van der Waals surface area (Å²) in [4.78, 5) is 9.34. The van der Waals surface area contributed by atoms with E-state index in [4.69, 9.17) is 5.73 Å². The van der Waals surface area contributed by atoms with Crippen LogP contribution in [0.25, 0.3) is 0 Å². The van der Waals surface area contributed by atoms with Gasteiger partial charge < -0.3 is 5.73 Å². The zero-order valence-electron chi connectivity index (χ0n) is 7.32. The Morgan fingerprint density at radius 1 is 1.75 bits per heavy atom. The highest BCUT2D eigenvalue weighted by molar-refractivity contribution is 7.09. The van der Waals surface area contributed by atoms with Gasteiger partial charge in [-0.1, -0.05) is 13.8 Å². The maximum absolute atomic E-state index is 5.67. The molecule has 0 spiro atoms. The van der Waals surface area contributed by atoms with Crippen molar-refractivity contribution < 1.29 is 0 Å². The van der Waals surface area contributed by atoms with E-state index in [1.807, 2.05) is 20.0 Å². The van der Waals surface area contributed by atoms with E-state index in [0.717, 1.165) is 4.88 Å². The van der Waals surface area contributed by atoms with E-state index >= 15 is 0 Å². The molecular weight excluding hydrogens is 170 g/mol. The second-order valence-corrected chi connectivity index (χ2v) is 3.83. The Bertz CT molecular complexity index is 251. The fourth-order valence-electron chi connectivity index (χ4n) is 0.672. The average Bonchev–Trinajstić information content (AvgIpc) is 2.51. The van der Waals surface area contributed by atoms with Crippen molar-refractivity contribution >= 4 is 17.2 Å². The van der Waals surface area contributed by atoms with Gasteiger partial charge in [0.25, 0.3) is 0 Å². The van der Waals surface area contributed by atoms with Gasteiger partial charge in [-0.2, -0.15) is 0 Å². The van der Waals surface area contributed by atoms with Gasteiger partial charge >= 0.3 is 0 Å². The minimum Gasteiger partial charge on any atom is -0.387 e. The summed E-state index contributed by atoms with van der Waals surface area (Å²) >= 11 is 1.60. The van der Waals surface area contributed by atoms with Gasteiger partial charge in [-0.25, -0.2) is 0 Å². The molecule has 0 saturated heterocycles. The third-order valence-electron chi connectivity index (χ3n) is 1.49. The van der Waals surface area contributed by atoms with Gasteiger partial charge in [-0.05, 0) is 0 Å². The van der Waals surface area contributed by atoms with E-state index in [1.54, 1.807) is 16.8 Å². The minimum absolute atomic E-state index is 0.331. The predicted molar refractivity (Wildman–Crippen MR) is 52.3 cm³/mol. The number of aliphatic imine (C=N–C) groups is 1. The van der Waals surface area contributed by atoms with Crippen molar-refractivity contribution in [2.45, 2.75) is 20.4 Å². The molecule has 1 aromatic rings. The number of nitrogens with zero attached hydrogens (tertiary/aromatic N) is 2. The molecular formula is C8H13N3S. The molecule has 4 heteroatoms. The van der Waals surface area contributed by atoms with Crippen LogP contribution in [0.5, 0.6) is 0 Å². The number of nitrogens with two attached hydrogens (primary N) is 1. The van der Waals surface area contributed by atoms with Crippen LogP contribution in [0.15, 0.2) is 16.7 Å². The van der Waals surface area contributed by atoms with Crippen molar-refractivity contribution in [3.05, 3.63) is 16.6 Å². The Hall–Kier alpha value is -0.900. The Labute approximate surface area is 76.4 Å². The largest absolute Gasteiger partial charge is 0.387 e. The molecule has 0 bridgehead atoms. The number of hydrogen-bond acceptors (Lipinski definition) is 3. The third kappa shape index (κ3) is 2.62. The Kier molecular flexibility index (Phi) is 3.22. The van der Waals surface area contributed by atoms with E-state index in [1.165, 1.54) is 0 Å². The second-order valence-electron chi connectivity index (χ2n) is 2.86. The van der Waals surface area contributed by atoms with Gasteiger partial charge in [0.2, 0.25) is 0 Å². The smallest absolute Gasteiger partial charge is 0.0967 e. The summed E-state index contributed by atoms with van der Waals surface area (Å²) in [5.41, 5.74) is 7.47. The van der Waals surface area contributed by atoms with Crippen molar-refractivity contribution in [2.24, 2.45) is 16.6 Å². The van der Waals surface area contributed by atoms with Crippen LogP contribution in [0.3, 0.4) is 0 Å². The molecule has 1 heterocycles. The maximum atomic E-state index is 5.67. The SMILES string of the molecule is CC(C)C(N)=NCc1cncs1. The molecule has 2 N–H and O–H groups in total. The van der Waals surface area contributed by atoms with Gasteiger partial charge in [-0.15, -0.1) is 11.3 Å². The van der Waals surface area contributed by atoms with Crippen LogP contribution in [0.1, 0.15) is 18.7 Å². The second kappa shape index (κ2) is 4.21. The first-order valence-corrected chi connectivity index (χ1v) is 4.75. The summed E-state index contributed by atoms with van der Waals surface area (Å²) < 4.78 is 0. The van der Waals surface area contributed by atoms with E-state index < -0.39 is 0 Å². The summed E-state index contributed by atoms with van der Waals surface area (Å²) in [5, 5.41) is 0. The Morgan fingerprint density at radius 3 is 3.00 bits per heavy atom. The molecule has 0 aliphatic carbocycles. The quantitative estimate of drug-likeness (QED) is 0.572. The van der Waals surface area contributed by atoms with Crippen molar-refractivity contribution in [2.75, 3.05) is 0 Å². The van der Waals surface area contributed by atoms with Crippen LogP contribution >= 0.6 is 11.3 Å². The first-order valence-electron chi connectivity index (χ1n) is 3.87. The lowest BCUT2D eigenvalue weighted by molar-refractivity contribution is 0.856. The van der Waals surface area contributed by atoms with E-state index in [2.05, 4.69) is 9.98 Å².